The van der Waals surface area contributed by atoms with Crippen molar-refractivity contribution in [1.29, 1.82) is 0 Å². The Morgan fingerprint density at radius 2 is 2.00 bits per heavy atom. The zero-order valence-electron chi connectivity index (χ0n) is 9.69. The largest absolute Gasteiger partial charge is 0.481 e. The molecule has 92 valence electrons. The van der Waals surface area contributed by atoms with Gasteiger partial charge in [-0.05, 0) is 19.9 Å². The molecule has 0 saturated heterocycles. The molecular formula is C12H14O5. The van der Waals surface area contributed by atoms with Crippen molar-refractivity contribution >= 4 is 18.0 Å². The van der Waals surface area contributed by atoms with Crippen LogP contribution in [-0.4, -0.2) is 22.2 Å². The Morgan fingerprint density at radius 1 is 1.35 bits per heavy atom. The van der Waals surface area contributed by atoms with Gasteiger partial charge >= 0.3 is 11.9 Å². The molecule has 0 bridgehead atoms. The molecule has 1 aromatic rings. The van der Waals surface area contributed by atoms with Crippen LogP contribution in [0.25, 0.3) is 6.08 Å². The molecule has 0 saturated carbocycles. The molecule has 0 aromatic carbocycles. The van der Waals surface area contributed by atoms with Gasteiger partial charge in [-0.25, -0.2) is 4.79 Å². The summed E-state index contributed by atoms with van der Waals surface area (Å²) in [5.41, 5.74) is 0.593. The minimum Gasteiger partial charge on any atom is -0.481 e. The number of hydrogen-bond acceptors (Lipinski definition) is 3. The number of carbonyl (C=O) groups is 2. The van der Waals surface area contributed by atoms with Gasteiger partial charge < -0.3 is 14.6 Å². The zero-order chi connectivity index (χ0) is 13.0. The van der Waals surface area contributed by atoms with Crippen LogP contribution in [0.2, 0.25) is 0 Å². The van der Waals surface area contributed by atoms with Crippen LogP contribution in [0.3, 0.4) is 0 Å². The molecule has 0 unspecified atom stereocenters. The molecule has 17 heavy (non-hydrogen) atoms. The topological polar surface area (TPSA) is 87.7 Å². The first-order valence-corrected chi connectivity index (χ1v) is 5.17. The van der Waals surface area contributed by atoms with Crippen molar-refractivity contribution in [3.05, 3.63) is 28.7 Å². The van der Waals surface area contributed by atoms with Crippen LogP contribution in [0, 0.1) is 6.92 Å². The van der Waals surface area contributed by atoms with Crippen LogP contribution in [0.4, 0.5) is 0 Å². The predicted molar refractivity (Wildman–Crippen MR) is 61.1 cm³/mol. The van der Waals surface area contributed by atoms with Gasteiger partial charge in [0.1, 0.15) is 17.1 Å². The van der Waals surface area contributed by atoms with E-state index in [4.69, 9.17) is 14.6 Å². The molecule has 0 fully saturated rings. The molecular weight excluding hydrogens is 224 g/mol. The van der Waals surface area contributed by atoms with Crippen LogP contribution in [0.15, 0.2) is 10.5 Å². The van der Waals surface area contributed by atoms with E-state index in [9.17, 15) is 9.59 Å². The molecule has 0 spiro atoms. The number of aliphatic carboxylic acids is 1. The number of aromatic carboxylic acids is 1. The van der Waals surface area contributed by atoms with Gasteiger partial charge in [-0.15, -0.1) is 0 Å². The van der Waals surface area contributed by atoms with Gasteiger partial charge in [0, 0.05) is 12.0 Å². The summed E-state index contributed by atoms with van der Waals surface area (Å²) in [5.74, 6) is -1.40. The molecule has 1 rings (SSSR count). The number of allylic oxidation sites excluding steroid dienone is 1. The van der Waals surface area contributed by atoms with E-state index in [1.165, 1.54) is 0 Å². The highest BCUT2D eigenvalue weighted by molar-refractivity contribution is 5.91. The van der Waals surface area contributed by atoms with Crippen LogP contribution in [-0.2, 0) is 11.2 Å². The van der Waals surface area contributed by atoms with E-state index in [0.717, 1.165) is 0 Å². The Kier molecular flexibility index (Phi) is 4.09. The van der Waals surface area contributed by atoms with E-state index in [0.29, 0.717) is 11.3 Å². The summed E-state index contributed by atoms with van der Waals surface area (Å²) in [4.78, 5) is 21.5. The predicted octanol–water partition coefficient (Wildman–Crippen LogP) is 2.34. The number of carboxylic acids is 2. The molecule has 1 heterocycles. The Labute approximate surface area is 98.4 Å². The van der Waals surface area contributed by atoms with Gasteiger partial charge in [-0.3, -0.25) is 4.79 Å². The fourth-order valence-electron chi connectivity index (χ4n) is 1.58. The average molecular weight is 238 g/mol. The SMILES string of the molecule is C/C=C\c1oc(CCC(=O)O)c(C(=O)O)c1C. The van der Waals surface area contributed by atoms with E-state index in [1.807, 2.05) is 0 Å². The van der Waals surface area contributed by atoms with Crippen LogP contribution < -0.4 is 0 Å². The van der Waals surface area contributed by atoms with Crippen LogP contribution in [0.5, 0.6) is 0 Å². The van der Waals surface area contributed by atoms with E-state index in [2.05, 4.69) is 0 Å². The quantitative estimate of drug-likeness (QED) is 0.821. The summed E-state index contributed by atoms with van der Waals surface area (Å²) in [6.45, 7) is 3.44. The van der Waals surface area contributed by atoms with Gasteiger partial charge in [0.25, 0.3) is 0 Å². The molecule has 1 aromatic heterocycles. The third-order valence-electron chi connectivity index (χ3n) is 2.35. The first-order valence-electron chi connectivity index (χ1n) is 5.17. The third-order valence-corrected chi connectivity index (χ3v) is 2.35. The van der Waals surface area contributed by atoms with E-state index in [-0.39, 0.29) is 24.2 Å². The maximum Gasteiger partial charge on any atom is 0.339 e. The van der Waals surface area contributed by atoms with Crippen molar-refractivity contribution in [2.75, 3.05) is 0 Å². The monoisotopic (exact) mass is 238 g/mol. The van der Waals surface area contributed by atoms with Crippen molar-refractivity contribution in [2.24, 2.45) is 0 Å². The molecule has 0 aliphatic heterocycles. The fraction of sp³-hybridized carbons (Fsp3) is 0.333. The molecule has 5 nitrogen and oxygen atoms in total. The number of carboxylic acid groups (broad SMARTS) is 2. The molecule has 0 radical (unpaired) electrons. The second-order valence-electron chi connectivity index (χ2n) is 3.59. The van der Waals surface area contributed by atoms with Gasteiger partial charge in [-0.1, -0.05) is 6.08 Å². The minimum absolute atomic E-state index is 0.0688. The van der Waals surface area contributed by atoms with Crippen molar-refractivity contribution in [1.82, 2.24) is 0 Å². The number of hydrogen-bond donors (Lipinski definition) is 2. The van der Waals surface area contributed by atoms with Gasteiger partial charge in [-0.2, -0.15) is 0 Å². The number of rotatable bonds is 5. The summed E-state index contributed by atoms with van der Waals surface area (Å²) >= 11 is 0. The highest BCUT2D eigenvalue weighted by Gasteiger charge is 2.21. The van der Waals surface area contributed by atoms with Gasteiger partial charge in [0.15, 0.2) is 0 Å². The highest BCUT2D eigenvalue weighted by atomic mass is 16.4. The van der Waals surface area contributed by atoms with E-state index < -0.39 is 11.9 Å². The normalized spacial score (nSPS) is 10.9. The lowest BCUT2D eigenvalue weighted by atomic mass is 10.1. The highest BCUT2D eigenvalue weighted by Crippen LogP contribution is 2.24. The standard InChI is InChI=1S/C12H14O5/c1-3-4-8-7(2)11(12(15)16)9(17-8)5-6-10(13)14/h3-4H,5-6H2,1-2H3,(H,13,14)(H,15,16)/b4-3-. The zero-order valence-corrected chi connectivity index (χ0v) is 9.69. The third kappa shape index (κ3) is 2.96. The second kappa shape index (κ2) is 5.34. The number of aryl methyl sites for hydroxylation is 1. The lowest BCUT2D eigenvalue weighted by Gasteiger charge is -1.96. The Balaban J connectivity index is 3.14. The van der Waals surface area contributed by atoms with Crippen molar-refractivity contribution in [3.8, 4) is 0 Å². The van der Waals surface area contributed by atoms with Gasteiger partial charge in [0.05, 0.1) is 6.42 Å². The first-order chi connectivity index (χ1) is 7.97. The molecule has 0 aliphatic rings. The summed E-state index contributed by atoms with van der Waals surface area (Å²) in [7, 11) is 0. The van der Waals surface area contributed by atoms with Gasteiger partial charge in [0.2, 0.25) is 0 Å². The maximum absolute atomic E-state index is 11.1. The number of furan rings is 1. The Hall–Kier alpha value is -2.04. The minimum atomic E-state index is -1.10. The maximum atomic E-state index is 11.1. The fourth-order valence-corrected chi connectivity index (χ4v) is 1.58. The van der Waals surface area contributed by atoms with Crippen LogP contribution >= 0.6 is 0 Å². The van der Waals surface area contributed by atoms with Crippen LogP contribution in [0.1, 0.15) is 40.8 Å². The Morgan fingerprint density at radius 3 is 2.47 bits per heavy atom. The smallest absolute Gasteiger partial charge is 0.339 e. The molecule has 2 N–H and O–H groups in total. The lowest BCUT2D eigenvalue weighted by molar-refractivity contribution is -0.137. The summed E-state index contributed by atoms with van der Waals surface area (Å²) in [5, 5.41) is 17.6. The van der Waals surface area contributed by atoms with Crippen molar-refractivity contribution in [2.45, 2.75) is 26.7 Å². The second-order valence-corrected chi connectivity index (χ2v) is 3.59. The van der Waals surface area contributed by atoms with E-state index in [1.54, 1.807) is 26.0 Å². The van der Waals surface area contributed by atoms with E-state index >= 15 is 0 Å². The summed E-state index contributed by atoms with van der Waals surface area (Å²) in [6.07, 6.45) is 3.32. The summed E-state index contributed by atoms with van der Waals surface area (Å²) in [6, 6.07) is 0. The average Bonchev–Trinajstić information content (AvgIpc) is 2.53. The molecule has 0 atom stereocenters. The molecule has 5 heteroatoms. The Bertz CT molecular complexity index is 467. The molecule has 0 amide bonds. The lowest BCUT2D eigenvalue weighted by Crippen LogP contribution is -2.04. The first kappa shape index (κ1) is 13.0. The van der Waals surface area contributed by atoms with Crippen molar-refractivity contribution < 1.29 is 24.2 Å². The van der Waals surface area contributed by atoms with Crippen molar-refractivity contribution in [3.63, 3.8) is 0 Å². The molecule has 0 aliphatic carbocycles. The summed E-state index contributed by atoms with van der Waals surface area (Å²) < 4.78 is 5.37.